The third-order valence-corrected chi connectivity index (χ3v) is 3.42. The van der Waals surface area contributed by atoms with E-state index in [1.54, 1.807) is 4.90 Å². The zero-order valence-corrected chi connectivity index (χ0v) is 9.48. The maximum atomic E-state index is 10.8. The molecule has 1 rings (SSSR count). The van der Waals surface area contributed by atoms with E-state index in [0.717, 1.165) is 5.75 Å². The van der Waals surface area contributed by atoms with Crippen LogP contribution in [0.2, 0.25) is 0 Å². The third kappa shape index (κ3) is 2.59. The number of aliphatic hydroxyl groups is 1. The van der Waals surface area contributed by atoms with Crippen LogP contribution in [0.4, 0.5) is 0 Å². The van der Waals surface area contributed by atoms with E-state index >= 15 is 0 Å². The molecule has 4 nitrogen and oxygen atoms in total. The first kappa shape index (κ1) is 11.7. The molecule has 6 heteroatoms. The number of hydrogen-bond acceptors (Lipinski definition) is 4. The molecule has 1 aliphatic heterocycles. The third-order valence-electron chi connectivity index (χ3n) is 2.07. The molecule has 1 aliphatic rings. The topological polar surface area (TPSA) is 60.8 Å². The van der Waals surface area contributed by atoms with Gasteiger partial charge in [0.1, 0.15) is 10.4 Å². The Morgan fingerprint density at radius 3 is 2.86 bits per heavy atom. The minimum atomic E-state index is -0.916. The second-order valence-electron chi connectivity index (χ2n) is 3.09. The van der Waals surface area contributed by atoms with Crippen LogP contribution in [-0.2, 0) is 4.79 Å². The fourth-order valence-corrected chi connectivity index (χ4v) is 2.63. The number of nitrogens with zero attached hydrogens (tertiary/aromatic N) is 1. The van der Waals surface area contributed by atoms with Gasteiger partial charge in [0.15, 0.2) is 0 Å². The van der Waals surface area contributed by atoms with Gasteiger partial charge in [0.05, 0.1) is 6.10 Å². The van der Waals surface area contributed by atoms with Crippen molar-refractivity contribution in [1.82, 2.24) is 4.90 Å². The number of rotatable bonds is 2. The highest BCUT2D eigenvalue weighted by molar-refractivity contribution is 8.22. The van der Waals surface area contributed by atoms with E-state index in [-0.39, 0.29) is 6.42 Å². The maximum Gasteiger partial charge on any atom is 0.326 e. The Hall–Kier alpha value is -0.330. The van der Waals surface area contributed by atoms with Gasteiger partial charge in [-0.1, -0.05) is 30.9 Å². The molecule has 0 radical (unpaired) electrons. The van der Waals surface area contributed by atoms with Crippen LogP contribution in [0.15, 0.2) is 0 Å². The number of aliphatic carboxylic acids is 1. The summed E-state index contributed by atoms with van der Waals surface area (Å²) >= 11 is 6.51. The second-order valence-corrected chi connectivity index (χ2v) is 4.99. The van der Waals surface area contributed by atoms with Gasteiger partial charge in [-0.2, -0.15) is 0 Å². The maximum absolute atomic E-state index is 10.8. The molecule has 0 saturated carbocycles. The molecule has 2 atom stereocenters. The van der Waals surface area contributed by atoms with Gasteiger partial charge in [-0.15, -0.1) is 0 Å². The van der Waals surface area contributed by atoms with Crippen molar-refractivity contribution in [3.8, 4) is 0 Å². The normalized spacial score (nSPS) is 26.6. The van der Waals surface area contributed by atoms with Crippen molar-refractivity contribution in [1.29, 1.82) is 0 Å². The van der Waals surface area contributed by atoms with Crippen molar-refractivity contribution in [2.24, 2.45) is 0 Å². The molecule has 1 heterocycles. The predicted octanol–water partition coefficient (Wildman–Crippen LogP) is 0.544. The lowest BCUT2D eigenvalue weighted by molar-refractivity contribution is -0.140. The number of carboxylic acid groups (broad SMARTS) is 1. The quantitative estimate of drug-likeness (QED) is 0.681. The number of hydrogen-bond donors (Lipinski definition) is 2. The largest absolute Gasteiger partial charge is 0.480 e. The first-order chi connectivity index (χ1) is 6.56. The van der Waals surface area contributed by atoms with Gasteiger partial charge in [-0.25, -0.2) is 4.79 Å². The molecule has 0 unspecified atom stereocenters. The van der Waals surface area contributed by atoms with Crippen LogP contribution in [0, 0.1) is 0 Å². The van der Waals surface area contributed by atoms with Gasteiger partial charge in [0, 0.05) is 13.0 Å². The van der Waals surface area contributed by atoms with Crippen molar-refractivity contribution in [2.75, 3.05) is 12.3 Å². The monoisotopic (exact) mass is 235 g/mol. The van der Waals surface area contributed by atoms with Crippen molar-refractivity contribution in [3.63, 3.8) is 0 Å². The smallest absolute Gasteiger partial charge is 0.326 e. The SMILES string of the molecule is CCSC(=S)N1C[C@H](O)C[C@H]1C(=O)O. The zero-order chi connectivity index (χ0) is 10.7. The van der Waals surface area contributed by atoms with Crippen LogP contribution in [0.3, 0.4) is 0 Å². The average molecular weight is 235 g/mol. The molecular formula is C8H13NO3S2. The molecule has 14 heavy (non-hydrogen) atoms. The number of likely N-dealkylation sites (tertiary alicyclic amines) is 1. The molecule has 0 aliphatic carbocycles. The fraction of sp³-hybridized carbons (Fsp3) is 0.750. The van der Waals surface area contributed by atoms with Gasteiger partial charge in [-0.3, -0.25) is 0 Å². The molecule has 0 bridgehead atoms. The molecule has 0 aromatic rings. The highest BCUT2D eigenvalue weighted by atomic mass is 32.2. The molecular weight excluding hydrogens is 222 g/mol. The summed E-state index contributed by atoms with van der Waals surface area (Å²) in [6.07, 6.45) is -0.314. The number of carbonyl (C=O) groups is 1. The number of thioether (sulfide) groups is 1. The lowest BCUT2D eigenvalue weighted by Gasteiger charge is -2.22. The number of aliphatic hydroxyl groups excluding tert-OH is 1. The van der Waals surface area contributed by atoms with Gasteiger partial charge in [0.2, 0.25) is 0 Å². The van der Waals surface area contributed by atoms with E-state index in [1.807, 2.05) is 6.92 Å². The molecule has 1 fully saturated rings. The van der Waals surface area contributed by atoms with E-state index in [4.69, 9.17) is 17.3 Å². The predicted molar refractivity (Wildman–Crippen MR) is 59.5 cm³/mol. The average Bonchev–Trinajstić information content (AvgIpc) is 2.48. The highest BCUT2D eigenvalue weighted by Gasteiger charge is 2.37. The Bertz CT molecular complexity index is 247. The minimum absolute atomic E-state index is 0.264. The van der Waals surface area contributed by atoms with Gasteiger partial charge >= 0.3 is 5.97 Å². The minimum Gasteiger partial charge on any atom is -0.480 e. The second kappa shape index (κ2) is 4.95. The van der Waals surface area contributed by atoms with Crippen molar-refractivity contribution >= 4 is 34.3 Å². The molecule has 0 amide bonds. The van der Waals surface area contributed by atoms with Crippen LogP contribution < -0.4 is 0 Å². The Morgan fingerprint density at radius 2 is 2.36 bits per heavy atom. The van der Waals surface area contributed by atoms with Gasteiger partial charge < -0.3 is 15.1 Å². The number of thiocarbonyl (C=S) groups is 1. The Labute approximate surface area is 92.3 Å². The summed E-state index contributed by atoms with van der Waals surface area (Å²) in [5, 5.41) is 18.3. The van der Waals surface area contributed by atoms with Crippen molar-refractivity contribution in [3.05, 3.63) is 0 Å². The molecule has 1 saturated heterocycles. The number of carboxylic acids is 1. The lowest BCUT2D eigenvalue weighted by atomic mass is 10.2. The number of β-amino-alcohol motifs (C(OH)–C–C–N with tert-alkyl or cyclic N) is 1. The van der Waals surface area contributed by atoms with E-state index in [9.17, 15) is 9.90 Å². The molecule has 80 valence electrons. The van der Waals surface area contributed by atoms with Crippen molar-refractivity contribution < 1.29 is 15.0 Å². The summed E-state index contributed by atoms with van der Waals surface area (Å²) in [6.45, 7) is 2.29. The Balaban J connectivity index is 2.66. The first-order valence-electron chi connectivity index (χ1n) is 4.40. The molecule has 2 N–H and O–H groups in total. The summed E-state index contributed by atoms with van der Waals surface area (Å²) < 4.78 is 0.566. The van der Waals surface area contributed by atoms with Crippen LogP contribution in [0.5, 0.6) is 0 Å². The van der Waals surface area contributed by atoms with E-state index in [0.29, 0.717) is 10.9 Å². The van der Waals surface area contributed by atoms with Crippen LogP contribution in [0.25, 0.3) is 0 Å². The van der Waals surface area contributed by atoms with Gasteiger partial charge in [0.25, 0.3) is 0 Å². The Morgan fingerprint density at radius 1 is 1.71 bits per heavy atom. The van der Waals surface area contributed by atoms with Crippen LogP contribution in [-0.4, -0.2) is 49.8 Å². The molecule has 0 aromatic heterocycles. The van der Waals surface area contributed by atoms with Crippen LogP contribution in [0.1, 0.15) is 13.3 Å². The van der Waals surface area contributed by atoms with Crippen LogP contribution >= 0.6 is 24.0 Å². The molecule has 0 aromatic carbocycles. The van der Waals surface area contributed by atoms with E-state index < -0.39 is 18.1 Å². The summed E-state index contributed by atoms with van der Waals surface area (Å²) in [5.74, 6) is -0.0989. The zero-order valence-electron chi connectivity index (χ0n) is 7.84. The lowest BCUT2D eigenvalue weighted by Crippen LogP contribution is -2.38. The standard InChI is InChI=1S/C8H13NO3S2/c1-2-14-8(13)9-4-5(10)3-6(9)7(11)12/h5-6,10H,2-4H2,1H3,(H,11,12)/t5-,6+/m1/s1. The van der Waals surface area contributed by atoms with E-state index in [1.165, 1.54) is 11.8 Å². The summed E-state index contributed by atoms with van der Waals surface area (Å²) in [5.41, 5.74) is 0. The van der Waals surface area contributed by atoms with Gasteiger partial charge in [-0.05, 0) is 5.75 Å². The first-order valence-corrected chi connectivity index (χ1v) is 5.80. The van der Waals surface area contributed by atoms with E-state index in [2.05, 4.69) is 0 Å². The summed E-state index contributed by atoms with van der Waals surface area (Å²) in [7, 11) is 0. The highest BCUT2D eigenvalue weighted by Crippen LogP contribution is 2.22. The fourth-order valence-electron chi connectivity index (χ4n) is 1.46. The van der Waals surface area contributed by atoms with Crippen molar-refractivity contribution in [2.45, 2.75) is 25.5 Å². The summed E-state index contributed by atoms with van der Waals surface area (Å²) in [6, 6.07) is -0.656. The molecule has 0 spiro atoms. The Kier molecular flexibility index (Phi) is 4.15. The summed E-state index contributed by atoms with van der Waals surface area (Å²) in [4.78, 5) is 12.4.